The first-order chi connectivity index (χ1) is 17.6. The molecule has 184 valence electrons. The van der Waals surface area contributed by atoms with E-state index in [9.17, 15) is 9.59 Å². The van der Waals surface area contributed by atoms with Crippen LogP contribution in [0.2, 0.25) is 0 Å². The number of nitrogens with zero attached hydrogens (tertiary/aromatic N) is 2. The molecule has 5 rings (SSSR count). The molecule has 8 nitrogen and oxygen atoms in total. The van der Waals surface area contributed by atoms with Crippen molar-refractivity contribution in [1.29, 1.82) is 0 Å². The molecule has 3 aromatic carbocycles. The van der Waals surface area contributed by atoms with E-state index in [4.69, 9.17) is 9.47 Å². The number of benzene rings is 3. The van der Waals surface area contributed by atoms with E-state index in [1.54, 1.807) is 4.90 Å². The highest BCUT2D eigenvalue weighted by molar-refractivity contribution is 5.99. The van der Waals surface area contributed by atoms with Gasteiger partial charge in [0.05, 0.1) is 11.2 Å². The van der Waals surface area contributed by atoms with Crippen LogP contribution in [0.4, 0.5) is 5.69 Å². The van der Waals surface area contributed by atoms with Crippen molar-refractivity contribution in [2.75, 3.05) is 25.5 Å². The van der Waals surface area contributed by atoms with Gasteiger partial charge in [-0.3, -0.25) is 14.7 Å². The molecule has 0 bridgehead atoms. The highest BCUT2D eigenvalue weighted by atomic mass is 16.5. The van der Waals surface area contributed by atoms with Gasteiger partial charge in [0.2, 0.25) is 6.41 Å². The van der Waals surface area contributed by atoms with Crippen molar-refractivity contribution in [1.82, 2.24) is 15.1 Å². The number of rotatable bonds is 8. The van der Waals surface area contributed by atoms with Crippen LogP contribution in [0, 0.1) is 0 Å². The predicted molar refractivity (Wildman–Crippen MR) is 138 cm³/mol. The summed E-state index contributed by atoms with van der Waals surface area (Å²) in [6.45, 7) is 1.45. The molecule has 1 aliphatic heterocycles. The maximum atomic E-state index is 12.9. The molecule has 8 heteroatoms. The van der Waals surface area contributed by atoms with Crippen molar-refractivity contribution >= 4 is 28.9 Å². The first-order valence-electron chi connectivity index (χ1n) is 12.0. The van der Waals surface area contributed by atoms with Gasteiger partial charge >= 0.3 is 0 Å². The quantitative estimate of drug-likeness (QED) is 0.358. The summed E-state index contributed by atoms with van der Waals surface area (Å²) in [4.78, 5) is 25.6. The molecule has 1 aromatic heterocycles. The SMILES string of the molecule is COC(C(=O)Nc1ccc2[nH]nc(-c3ccc(OC4CCN(C=O)CC4)cc3)c2c1)c1ccccc1. The molecular formula is C28H28N4O4. The number of H-pyrrole nitrogens is 1. The number of carbonyl (C=O) groups excluding carboxylic acids is 2. The Bertz CT molecular complexity index is 1330. The van der Waals surface area contributed by atoms with Crippen molar-refractivity contribution < 1.29 is 19.1 Å². The smallest absolute Gasteiger partial charge is 0.258 e. The fourth-order valence-corrected chi connectivity index (χ4v) is 4.52. The number of likely N-dealkylation sites (tertiary alicyclic amines) is 1. The largest absolute Gasteiger partial charge is 0.490 e. The van der Waals surface area contributed by atoms with Gasteiger partial charge in [-0.15, -0.1) is 0 Å². The molecule has 0 aliphatic carbocycles. The van der Waals surface area contributed by atoms with Crippen LogP contribution in [-0.4, -0.2) is 53.7 Å². The summed E-state index contributed by atoms with van der Waals surface area (Å²) in [5, 5.41) is 11.4. The molecule has 1 unspecified atom stereocenters. The minimum absolute atomic E-state index is 0.108. The van der Waals surface area contributed by atoms with E-state index in [0.717, 1.165) is 65.8 Å². The third-order valence-electron chi connectivity index (χ3n) is 6.46. The van der Waals surface area contributed by atoms with Crippen molar-refractivity contribution in [3.05, 3.63) is 78.4 Å². The van der Waals surface area contributed by atoms with Crippen LogP contribution in [0.3, 0.4) is 0 Å². The summed E-state index contributed by atoms with van der Waals surface area (Å²) in [5.41, 5.74) is 4.05. The molecule has 2 N–H and O–H groups in total. The second kappa shape index (κ2) is 10.6. The molecule has 1 saturated heterocycles. The van der Waals surface area contributed by atoms with Gasteiger partial charge in [0.15, 0.2) is 6.10 Å². The molecule has 36 heavy (non-hydrogen) atoms. The zero-order valence-corrected chi connectivity index (χ0v) is 20.0. The number of carbonyl (C=O) groups is 2. The number of aromatic nitrogens is 2. The lowest BCUT2D eigenvalue weighted by Gasteiger charge is -2.29. The van der Waals surface area contributed by atoms with Crippen molar-refractivity contribution in [3.63, 3.8) is 0 Å². The summed E-state index contributed by atoms with van der Waals surface area (Å²) in [6, 6.07) is 22.9. The van der Waals surface area contributed by atoms with Crippen LogP contribution in [0.5, 0.6) is 5.75 Å². The third kappa shape index (κ3) is 5.08. The molecule has 2 heterocycles. The molecule has 1 atom stereocenters. The van der Waals surface area contributed by atoms with E-state index in [1.807, 2.05) is 72.8 Å². The van der Waals surface area contributed by atoms with Crippen LogP contribution in [-0.2, 0) is 14.3 Å². The van der Waals surface area contributed by atoms with Gasteiger partial charge in [0.1, 0.15) is 11.9 Å². The Morgan fingerprint density at radius 2 is 1.83 bits per heavy atom. The lowest BCUT2D eigenvalue weighted by Crippen LogP contribution is -2.37. The van der Waals surface area contributed by atoms with Gasteiger partial charge in [-0.2, -0.15) is 5.10 Å². The Morgan fingerprint density at radius 1 is 1.08 bits per heavy atom. The number of amides is 2. The second-order valence-corrected chi connectivity index (χ2v) is 8.83. The van der Waals surface area contributed by atoms with Crippen LogP contribution in [0.15, 0.2) is 72.8 Å². The van der Waals surface area contributed by atoms with Gasteiger partial charge in [-0.25, -0.2) is 0 Å². The Labute approximate surface area is 209 Å². The number of nitrogens with one attached hydrogen (secondary N) is 2. The number of ether oxygens (including phenoxy) is 2. The number of piperidine rings is 1. The third-order valence-corrected chi connectivity index (χ3v) is 6.46. The first-order valence-corrected chi connectivity index (χ1v) is 12.0. The van der Waals surface area contributed by atoms with E-state index in [-0.39, 0.29) is 12.0 Å². The van der Waals surface area contributed by atoms with E-state index in [2.05, 4.69) is 15.5 Å². The molecule has 2 amide bonds. The number of methoxy groups -OCH3 is 1. The number of anilines is 1. The minimum atomic E-state index is -0.705. The minimum Gasteiger partial charge on any atom is -0.490 e. The number of hydrogen-bond donors (Lipinski definition) is 2. The zero-order valence-electron chi connectivity index (χ0n) is 20.0. The van der Waals surface area contributed by atoms with Gasteiger partial charge < -0.3 is 19.7 Å². The lowest BCUT2D eigenvalue weighted by molar-refractivity contribution is -0.126. The normalized spacial score (nSPS) is 15.0. The first kappa shape index (κ1) is 23.6. The average molecular weight is 485 g/mol. The van der Waals surface area contributed by atoms with Gasteiger partial charge in [0, 0.05) is 49.7 Å². The summed E-state index contributed by atoms with van der Waals surface area (Å²) in [7, 11) is 1.52. The molecular weight excluding hydrogens is 456 g/mol. The zero-order chi connectivity index (χ0) is 24.9. The molecule has 0 spiro atoms. The van der Waals surface area contributed by atoms with Crippen molar-refractivity contribution in [2.24, 2.45) is 0 Å². The highest BCUT2D eigenvalue weighted by Crippen LogP contribution is 2.31. The monoisotopic (exact) mass is 484 g/mol. The topological polar surface area (TPSA) is 96.5 Å². The molecule has 1 fully saturated rings. The van der Waals surface area contributed by atoms with E-state index >= 15 is 0 Å². The standard InChI is InChI=1S/C28H28N4O4/c1-35-27(20-5-3-2-4-6-20)28(34)29-21-9-12-25-24(17-21)26(31-30-25)19-7-10-22(11-8-19)36-23-13-15-32(18-33)16-14-23/h2-12,17-18,23,27H,13-16H2,1H3,(H,29,34)(H,30,31). The van der Waals surface area contributed by atoms with E-state index < -0.39 is 6.10 Å². The van der Waals surface area contributed by atoms with Crippen LogP contribution >= 0.6 is 0 Å². The van der Waals surface area contributed by atoms with Gasteiger partial charge in [0.25, 0.3) is 5.91 Å². The maximum absolute atomic E-state index is 12.9. The van der Waals surface area contributed by atoms with E-state index in [1.165, 1.54) is 7.11 Å². The average Bonchev–Trinajstić information content (AvgIpc) is 3.34. The summed E-state index contributed by atoms with van der Waals surface area (Å²) in [6.07, 6.45) is 1.95. The summed E-state index contributed by atoms with van der Waals surface area (Å²) >= 11 is 0. The highest BCUT2D eigenvalue weighted by Gasteiger charge is 2.21. The number of hydrogen-bond acceptors (Lipinski definition) is 5. The van der Waals surface area contributed by atoms with Gasteiger partial charge in [-0.05, 0) is 48.0 Å². The lowest BCUT2D eigenvalue weighted by atomic mass is 10.1. The summed E-state index contributed by atoms with van der Waals surface area (Å²) in [5.74, 6) is 0.552. The Kier molecular flexibility index (Phi) is 6.95. The predicted octanol–water partition coefficient (Wildman–Crippen LogP) is 4.56. The van der Waals surface area contributed by atoms with Crippen LogP contribution in [0.25, 0.3) is 22.2 Å². The molecule has 0 radical (unpaired) electrons. The Hall–Kier alpha value is -4.17. The van der Waals surface area contributed by atoms with E-state index in [0.29, 0.717) is 5.69 Å². The van der Waals surface area contributed by atoms with Crippen molar-refractivity contribution in [3.8, 4) is 17.0 Å². The molecule has 0 saturated carbocycles. The Morgan fingerprint density at radius 3 is 2.53 bits per heavy atom. The second-order valence-electron chi connectivity index (χ2n) is 8.83. The van der Waals surface area contributed by atoms with Crippen LogP contribution < -0.4 is 10.1 Å². The molecule has 1 aliphatic rings. The Balaban J connectivity index is 1.30. The fourth-order valence-electron chi connectivity index (χ4n) is 4.52. The van der Waals surface area contributed by atoms with Crippen LogP contribution in [0.1, 0.15) is 24.5 Å². The van der Waals surface area contributed by atoms with Crippen molar-refractivity contribution in [2.45, 2.75) is 25.0 Å². The fraction of sp³-hybridized carbons (Fsp3) is 0.250. The maximum Gasteiger partial charge on any atom is 0.258 e. The number of fused-ring (bicyclic) bond motifs is 1. The number of aromatic amines is 1. The summed E-state index contributed by atoms with van der Waals surface area (Å²) < 4.78 is 11.6. The van der Waals surface area contributed by atoms with Gasteiger partial charge in [-0.1, -0.05) is 30.3 Å². The molecule has 4 aromatic rings.